The molecule has 0 saturated heterocycles. The van der Waals surface area contributed by atoms with Gasteiger partial charge in [-0.15, -0.1) is 0 Å². The molecule has 3 aromatic rings. The monoisotopic (exact) mass is 375 g/mol. The molecule has 4 nitrogen and oxygen atoms in total. The summed E-state index contributed by atoms with van der Waals surface area (Å²) in [5.74, 6) is 0.841. The highest BCUT2D eigenvalue weighted by Crippen LogP contribution is 2.24. The highest BCUT2D eigenvalue weighted by molar-refractivity contribution is 5.68. The quantitative estimate of drug-likeness (QED) is 0.616. The fraction of sp³-hybridized carbons (Fsp3) is 0.208. The van der Waals surface area contributed by atoms with Crippen LogP contribution < -0.4 is 10.1 Å². The van der Waals surface area contributed by atoms with Gasteiger partial charge in [0.1, 0.15) is 12.4 Å². The number of alkyl carbamates (subject to hydrolysis) is 1. The topological polar surface area (TPSA) is 47.6 Å². The van der Waals surface area contributed by atoms with Gasteiger partial charge in [-0.3, -0.25) is 0 Å². The maximum atomic E-state index is 12.0. The van der Waals surface area contributed by atoms with E-state index in [-0.39, 0.29) is 12.6 Å². The average molecular weight is 375 g/mol. The highest BCUT2D eigenvalue weighted by atomic mass is 16.5. The van der Waals surface area contributed by atoms with Gasteiger partial charge in [0.15, 0.2) is 0 Å². The number of amides is 1. The van der Waals surface area contributed by atoms with Crippen LogP contribution in [-0.4, -0.2) is 19.2 Å². The Morgan fingerprint density at radius 3 is 2.36 bits per heavy atom. The van der Waals surface area contributed by atoms with Crippen LogP contribution in [0.25, 0.3) is 11.1 Å². The van der Waals surface area contributed by atoms with E-state index >= 15 is 0 Å². The molecule has 0 fully saturated rings. The molecule has 0 aliphatic rings. The molecule has 1 N–H and O–H groups in total. The van der Waals surface area contributed by atoms with Crippen molar-refractivity contribution in [1.29, 1.82) is 0 Å². The number of hydrogen-bond acceptors (Lipinski definition) is 3. The van der Waals surface area contributed by atoms with E-state index in [1.165, 1.54) is 0 Å². The SMILES string of the molecule is COc1cccc(-c2ccc(C[C@@H](C)NC(=O)OCc3ccccc3)cc2)c1. The summed E-state index contributed by atoms with van der Waals surface area (Å²) in [5, 5.41) is 2.88. The normalized spacial score (nSPS) is 11.5. The molecule has 0 aliphatic carbocycles. The molecule has 0 aliphatic heterocycles. The zero-order valence-corrected chi connectivity index (χ0v) is 16.2. The molecule has 144 valence electrons. The molecule has 3 rings (SSSR count). The Bertz CT molecular complexity index is 891. The van der Waals surface area contributed by atoms with Crippen LogP contribution in [-0.2, 0) is 17.8 Å². The molecule has 4 heteroatoms. The first-order valence-corrected chi connectivity index (χ1v) is 9.34. The van der Waals surface area contributed by atoms with Crippen molar-refractivity contribution in [2.24, 2.45) is 0 Å². The smallest absolute Gasteiger partial charge is 0.407 e. The average Bonchev–Trinajstić information content (AvgIpc) is 2.73. The summed E-state index contributed by atoms with van der Waals surface area (Å²) in [6.07, 6.45) is 0.336. The summed E-state index contributed by atoms with van der Waals surface area (Å²) in [6.45, 7) is 2.24. The molecule has 0 aromatic heterocycles. The largest absolute Gasteiger partial charge is 0.497 e. The van der Waals surface area contributed by atoms with Gasteiger partial charge in [0.25, 0.3) is 0 Å². The Kier molecular flexibility index (Phi) is 6.68. The van der Waals surface area contributed by atoms with Crippen LogP contribution >= 0.6 is 0 Å². The lowest BCUT2D eigenvalue weighted by Gasteiger charge is -2.14. The molecule has 0 bridgehead atoms. The Labute approximate surface area is 166 Å². The van der Waals surface area contributed by atoms with E-state index in [2.05, 4.69) is 35.6 Å². The first-order valence-electron chi connectivity index (χ1n) is 9.34. The third-order valence-electron chi connectivity index (χ3n) is 4.48. The van der Waals surface area contributed by atoms with Crippen LogP contribution in [0.3, 0.4) is 0 Å². The molecule has 0 saturated carbocycles. The van der Waals surface area contributed by atoms with E-state index in [1.807, 2.05) is 55.5 Å². The lowest BCUT2D eigenvalue weighted by atomic mass is 10.0. The Morgan fingerprint density at radius 1 is 0.893 bits per heavy atom. The van der Waals surface area contributed by atoms with Crippen molar-refractivity contribution in [2.45, 2.75) is 26.0 Å². The van der Waals surface area contributed by atoms with Crippen LogP contribution in [0, 0.1) is 0 Å². The summed E-state index contributed by atoms with van der Waals surface area (Å²) < 4.78 is 10.6. The predicted molar refractivity (Wildman–Crippen MR) is 111 cm³/mol. The van der Waals surface area contributed by atoms with Crippen molar-refractivity contribution in [3.63, 3.8) is 0 Å². The van der Waals surface area contributed by atoms with E-state index in [0.717, 1.165) is 34.4 Å². The number of nitrogens with one attached hydrogen (secondary N) is 1. The van der Waals surface area contributed by atoms with Gasteiger partial charge in [0.2, 0.25) is 0 Å². The van der Waals surface area contributed by atoms with Gasteiger partial charge in [-0.25, -0.2) is 4.79 Å². The van der Waals surface area contributed by atoms with Gasteiger partial charge < -0.3 is 14.8 Å². The van der Waals surface area contributed by atoms with Crippen molar-refractivity contribution in [1.82, 2.24) is 5.32 Å². The van der Waals surface area contributed by atoms with Crippen molar-refractivity contribution in [3.05, 3.63) is 90.0 Å². The third-order valence-corrected chi connectivity index (χ3v) is 4.48. The minimum absolute atomic E-state index is 0.0223. The van der Waals surface area contributed by atoms with Crippen LogP contribution in [0.5, 0.6) is 5.75 Å². The molecule has 0 spiro atoms. The van der Waals surface area contributed by atoms with E-state index in [4.69, 9.17) is 9.47 Å². The lowest BCUT2D eigenvalue weighted by molar-refractivity contribution is 0.136. The first kappa shape index (κ1) is 19.5. The number of methoxy groups -OCH3 is 1. The third kappa shape index (κ3) is 5.61. The van der Waals surface area contributed by atoms with E-state index in [1.54, 1.807) is 7.11 Å². The van der Waals surface area contributed by atoms with Crippen molar-refractivity contribution in [3.8, 4) is 16.9 Å². The fourth-order valence-corrected chi connectivity index (χ4v) is 3.01. The summed E-state index contributed by atoms with van der Waals surface area (Å²) in [7, 11) is 1.67. The molecule has 1 amide bonds. The van der Waals surface area contributed by atoms with Gasteiger partial charge >= 0.3 is 6.09 Å². The molecular formula is C24H25NO3. The van der Waals surface area contributed by atoms with Crippen molar-refractivity contribution in [2.75, 3.05) is 7.11 Å². The molecule has 1 atom stereocenters. The minimum atomic E-state index is -0.399. The number of hydrogen-bond donors (Lipinski definition) is 1. The number of ether oxygens (including phenoxy) is 2. The Morgan fingerprint density at radius 2 is 1.64 bits per heavy atom. The standard InChI is InChI=1S/C24H25NO3/c1-18(25-24(26)28-17-20-7-4-3-5-8-20)15-19-11-13-21(14-12-19)22-9-6-10-23(16-22)27-2/h3-14,16,18H,15,17H2,1-2H3,(H,25,26)/t18-/m1/s1. The zero-order valence-electron chi connectivity index (χ0n) is 16.2. The summed E-state index contributed by atoms with van der Waals surface area (Å²) >= 11 is 0. The maximum absolute atomic E-state index is 12.0. The summed E-state index contributed by atoms with van der Waals surface area (Å²) in [4.78, 5) is 12.0. The predicted octanol–water partition coefficient (Wildman–Crippen LogP) is 5.22. The van der Waals surface area contributed by atoms with E-state index in [0.29, 0.717) is 0 Å². The van der Waals surface area contributed by atoms with E-state index < -0.39 is 6.09 Å². The Hall–Kier alpha value is -3.27. The summed E-state index contributed by atoms with van der Waals surface area (Å²) in [6, 6.07) is 26.0. The Balaban J connectivity index is 1.51. The molecule has 0 heterocycles. The zero-order chi connectivity index (χ0) is 19.8. The van der Waals surface area contributed by atoms with Crippen LogP contribution in [0.2, 0.25) is 0 Å². The second kappa shape index (κ2) is 9.60. The van der Waals surface area contributed by atoms with Crippen molar-refractivity contribution < 1.29 is 14.3 Å². The molecule has 0 unspecified atom stereocenters. The molecular weight excluding hydrogens is 350 g/mol. The van der Waals surface area contributed by atoms with Crippen molar-refractivity contribution >= 4 is 6.09 Å². The number of rotatable bonds is 7. The molecule has 0 radical (unpaired) electrons. The minimum Gasteiger partial charge on any atom is -0.497 e. The second-order valence-electron chi connectivity index (χ2n) is 6.74. The van der Waals surface area contributed by atoms with Crippen LogP contribution in [0.15, 0.2) is 78.9 Å². The number of carbonyl (C=O) groups excluding carboxylic acids is 1. The van der Waals surface area contributed by atoms with Crippen LogP contribution in [0.1, 0.15) is 18.1 Å². The second-order valence-corrected chi connectivity index (χ2v) is 6.74. The fourth-order valence-electron chi connectivity index (χ4n) is 3.01. The first-order chi connectivity index (χ1) is 13.6. The van der Waals surface area contributed by atoms with Gasteiger partial charge in [0, 0.05) is 6.04 Å². The number of carbonyl (C=O) groups is 1. The molecule has 28 heavy (non-hydrogen) atoms. The lowest BCUT2D eigenvalue weighted by Crippen LogP contribution is -2.34. The van der Waals surface area contributed by atoms with Gasteiger partial charge in [-0.1, -0.05) is 66.7 Å². The van der Waals surface area contributed by atoms with Crippen LogP contribution in [0.4, 0.5) is 4.79 Å². The van der Waals surface area contributed by atoms with E-state index in [9.17, 15) is 4.79 Å². The molecule has 3 aromatic carbocycles. The highest BCUT2D eigenvalue weighted by Gasteiger charge is 2.10. The maximum Gasteiger partial charge on any atom is 0.407 e. The van der Waals surface area contributed by atoms with Gasteiger partial charge in [0.05, 0.1) is 7.11 Å². The van der Waals surface area contributed by atoms with Gasteiger partial charge in [-0.2, -0.15) is 0 Å². The number of benzene rings is 3. The van der Waals surface area contributed by atoms with Gasteiger partial charge in [-0.05, 0) is 47.7 Å². The summed E-state index contributed by atoms with van der Waals surface area (Å²) in [5.41, 5.74) is 4.37.